The minimum Gasteiger partial charge on any atom is -0.395 e. The van der Waals surface area contributed by atoms with E-state index in [1.165, 1.54) is 4.88 Å². The van der Waals surface area contributed by atoms with Crippen LogP contribution in [-0.2, 0) is 0 Å². The molecular formula is C16H22N2OS. The maximum absolute atomic E-state index is 9.30. The van der Waals surface area contributed by atoms with E-state index < -0.39 is 0 Å². The van der Waals surface area contributed by atoms with Gasteiger partial charge in [0.05, 0.1) is 12.3 Å². The number of aryl methyl sites for hydroxylation is 1. The van der Waals surface area contributed by atoms with Crippen LogP contribution in [0.2, 0.25) is 0 Å². The second-order valence-corrected chi connectivity index (χ2v) is 6.04. The van der Waals surface area contributed by atoms with Crippen molar-refractivity contribution in [2.45, 2.75) is 39.3 Å². The Morgan fingerprint density at radius 2 is 2.00 bits per heavy atom. The third kappa shape index (κ3) is 3.45. The Labute approximate surface area is 124 Å². The van der Waals surface area contributed by atoms with Gasteiger partial charge in [0.2, 0.25) is 0 Å². The summed E-state index contributed by atoms with van der Waals surface area (Å²) in [5.74, 6) is 0. The lowest BCUT2D eigenvalue weighted by Gasteiger charge is -2.19. The van der Waals surface area contributed by atoms with Gasteiger partial charge < -0.3 is 10.4 Å². The number of aromatic nitrogens is 1. The topological polar surface area (TPSA) is 45.1 Å². The first-order valence-electron chi connectivity index (χ1n) is 7.05. The highest BCUT2D eigenvalue weighted by molar-refractivity contribution is 7.15. The van der Waals surface area contributed by atoms with E-state index in [1.807, 2.05) is 18.2 Å². The van der Waals surface area contributed by atoms with Crippen molar-refractivity contribution in [3.63, 3.8) is 0 Å². The fraction of sp³-hybridized carbons (Fsp3) is 0.438. The van der Waals surface area contributed by atoms with E-state index in [0.29, 0.717) is 0 Å². The highest BCUT2D eigenvalue weighted by Crippen LogP contribution is 2.31. The maximum Gasteiger partial charge on any atom is 0.123 e. The van der Waals surface area contributed by atoms with Gasteiger partial charge in [0, 0.05) is 22.5 Å². The molecule has 2 atom stereocenters. The van der Waals surface area contributed by atoms with Crippen molar-refractivity contribution in [3.8, 4) is 10.6 Å². The molecule has 1 aromatic carbocycles. The van der Waals surface area contributed by atoms with Crippen LogP contribution in [-0.4, -0.2) is 22.7 Å². The Morgan fingerprint density at radius 1 is 1.30 bits per heavy atom. The number of rotatable bonds is 6. The fourth-order valence-corrected chi connectivity index (χ4v) is 3.33. The lowest BCUT2D eigenvalue weighted by molar-refractivity contribution is 0.230. The molecule has 0 spiro atoms. The van der Waals surface area contributed by atoms with Crippen LogP contribution in [0, 0.1) is 6.92 Å². The van der Waals surface area contributed by atoms with Crippen LogP contribution in [0.25, 0.3) is 10.6 Å². The van der Waals surface area contributed by atoms with Gasteiger partial charge in [0.25, 0.3) is 0 Å². The zero-order chi connectivity index (χ0) is 14.5. The lowest BCUT2D eigenvalue weighted by atomic mass is 10.1. The molecular weight excluding hydrogens is 268 g/mol. The molecule has 2 N–H and O–H groups in total. The lowest BCUT2D eigenvalue weighted by Crippen LogP contribution is -2.33. The molecule has 1 heterocycles. The molecule has 2 aromatic rings. The normalized spacial score (nSPS) is 14.2. The Hall–Kier alpha value is -1.23. The van der Waals surface area contributed by atoms with E-state index in [4.69, 9.17) is 0 Å². The van der Waals surface area contributed by atoms with E-state index in [2.05, 4.69) is 43.2 Å². The Balaban J connectivity index is 2.19. The maximum atomic E-state index is 9.30. The van der Waals surface area contributed by atoms with Crippen LogP contribution in [0.1, 0.15) is 36.9 Å². The van der Waals surface area contributed by atoms with E-state index in [0.717, 1.165) is 22.7 Å². The summed E-state index contributed by atoms with van der Waals surface area (Å²) < 4.78 is 0. The molecule has 1 aromatic heterocycles. The van der Waals surface area contributed by atoms with Gasteiger partial charge in [0.1, 0.15) is 5.01 Å². The van der Waals surface area contributed by atoms with Gasteiger partial charge >= 0.3 is 0 Å². The summed E-state index contributed by atoms with van der Waals surface area (Å²) in [7, 11) is 0. The first-order valence-corrected chi connectivity index (χ1v) is 7.87. The predicted octanol–water partition coefficient (Wildman–Crippen LogP) is 3.54. The summed E-state index contributed by atoms with van der Waals surface area (Å²) in [5, 5.41) is 13.8. The van der Waals surface area contributed by atoms with Crippen molar-refractivity contribution in [2.24, 2.45) is 0 Å². The molecule has 20 heavy (non-hydrogen) atoms. The van der Waals surface area contributed by atoms with Gasteiger partial charge in [-0.15, -0.1) is 11.3 Å². The standard InChI is InChI=1S/C16H22N2OS/c1-4-14(10-19)17-11(2)15-12(3)18-16(20-15)13-8-6-5-7-9-13/h5-9,11,14,17,19H,4,10H2,1-3H3. The average Bonchev–Trinajstić information content (AvgIpc) is 2.87. The SMILES string of the molecule is CCC(CO)NC(C)c1sc(-c2ccccc2)nc1C. The molecule has 0 saturated carbocycles. The van der Waals surface area contributed by atoms with Gasteiger partial charge in [-0.2, -0.15) is 0 Å². The minimum atomic E-state index is 0.145. The summed E-state index contributed by atoms with van der Waals surface area (Å²) in [5.41, 5.74) is 2.23. The second-order valence-electron chi connectivity index (χ2n) is 5.01. The highest BCUT2D eigenvalue weighted by Gasteiger charge is 2.17. The molecule has 0 amide bonds. The smallest absolute Gasteiger partial charge is 0.123 e. The molecule has 0 aliphatic carbocycles. The van der Waals surface area contributed by atoms with Crippen LogP contribution in [0.5, 0.6) is 0 Å². The molecule has 3 nitrogen and oxygen atoms in total. The Bertz CT molecular complexity index is 535. The largest absolute Gasteiger partial charge is 0.395 e. The van der Waals surface area contributed by atoms with Crippen LogP contribution in [0.15, 0.2) is 30.3 Å². The summed E-state index contributed by atoms with van der Waals surface area (Å²) >= 11 is 1.73. The minimum absolute atomic E-state index is 0.145. The fourth-order valence-electron chi connectivity index (χ4n) is 2.24. The van der Waals surface area contributed by atoms with Crippen LogP contribution < -0.4 is 5.32 Å². The van der Waals surface area contributed by atoms with Gasteiger partial charge in [-0.05, 0) is 20.3 Å². The van der Waals surface area contributed by atoms with Gasteiger partial charge in [-0.1, -0.05) is 37.3 Å². The van der Waals surface area contributed by atoms with Crippen LogP contribution >= 0.6 is 11.3 Å². The van der Waals surface area contributed by atoms with Crippen molar-refractivity contribution < 1.29 is 5.11 Å². The Kier molecular flexibility index (Phi) is 5.29. The summed E-state index contributed by atoms with van der Waals surface area (Å²) in [6, 6.07) is 10.6. The van der Waals surface area contributed by atoms with Crippen LogP contribution in [0.4, 0.5) is 0 Å². The number of hydrogen-bond donors (Lipinski definition) is 2. The molecule has 2 rings (SSSR count). The van der Waals surface area contributed by atoms with E-state index >= 15 is 0 Å². The van der Waals surface area contributed by atoms with Gasteiger partial charge in [-0.25, -0.2) is 4.98 Å². The van der Waals surface area contributed by atoms with E-state index in [9.17, 15) is 5.11 Å². The summed E-state index contributed by atoms with van der Waals surface area (Å²) in [4.78, 5) is 5.92. The number of benzene rings is 1. The molecule has 0 aliphatic heterocycles. The number of nitrogens with zero attached hydrogens (tertiary/aromatic N) is 1. The van der Waals surface area contributed by atoms with E-state index in [-0.39, 0.29) is 18.7 Å². The quantitative estimate of drug-likeness (QED) is 0.855. The number of thiazole rings is 1. The summed E-state index contributed by atoms with van der Waals surface area (Å²) in [6.45, 7) is 6.43. The predicted molar refractivity (Wildman–Crippen MR) is 85.0 cm³/mol. The van der Waals surface area contributed by atoms with Crippen molar-refractivity contribution in [2.75, 3.05) is 6.61 Å². The first kappa shape index (κ1) is 15.2. The van der Waals surface area contributed by atoms with Crippen molar-refractivity contribution in [3.05, 3.63) is 40.9 Å². The zero-order valence-corrected chi connectivity index (χ0v) is 13.1. The third-order valence-electron chi connectivity index (χ3n) is 3.45. The number of hydrogen-bond acceptors (Lipinski definition) is 4. The molecule has 0 bridgehead atoms. The highest BCUT2D eigenvalue weighted by atomic mass is 32.1. The monoisotopic (exact) mass is 290 g/mol. The van der Waals surface area contributed by atoms with E-state index in [1.54, 1.807) is 11.3 Å². The molecule has 108 valence electrons. The number of aliphatic hydroxyl groups excluding tert-OH is 1. The van der Waals surface area contributed by atoms with Crippen LogP contribution in [0.3, 0.4) is 0 Å². The first-order chi connectivity index (χ1) is 9.65. The molecule has 0 saturated heterocycles. The van der Waals surface area contributed by atoms with Gasteiger partial charge in [-0.3, -0.25) is 0 Å². The zero-order valence-electron chi connectivity index (χ0n) is 12.3. The molecule has 4 heteroatoms. The molecule has 0 radical (unpaired) electrons. The number of nitrogens with one attached hydrogen (secondary N) is 1. The van der Waals surface area contributed by atoms with Crippen molar-refractivity contribution in [1.82, 2.24) is 10.3 Å². The van der Waals surface area contributed by atoms with Gasteiger partial charge in [0.15, 0.2) is 0 Å². The third-order valence-corrected chi connectivity index (χ3v) is 4.83. The molecule has 0 aliphatic rings. The van der Waals surface area contributed by atoms with Crippen molar-refractivity contribution in [1.29, 1.82) is 0 Å². The summed E-state index contributed by atoms with van der Waals surface area (Å²) in [6.07, 6.45) is 0.921. The average molecular weight is 290 g/mol. The second kappa shape index (κ2) is 6.97. The van der Waals surface area contributed by atoms with Crippen molar-refractivity contribution >= 4 is 11.3 Å². The Morgan fingerprint density at radius 3 is 2.60 bits per heavy atom. The molecule has 0 fully saturated rings. The molecule has 2 unspecified atom stereocenters. The number of aliphatic hydroxyl groups is 1.